The fourth-order valence-electron chi connectivity index (χ4n) is 2.82. The van der Waals surface area contributed by atoms with E-state index >= 15 is 0 Å². The smallest absolute Gasteiger partial charge is 0.326 e. The first-order valence-corrected chi connectivity index (χ1v) is 14.8. The predicted octanol–water partition coefficient (Wildman–Crippen LogP) is 5.48. The molecule has 0 fully saturated rings. The Bertz CT molecular complexity index is 690. The molecule has 8 nitrogen and oxygen atoms in total. The molecule has 1 atom stereocenters. The second-order valence-corrected chi connectivity index (χ2v) is 13.2. The molecule has 0 saturated heterocycles. The molecule has 0 aliphatic rings. The molecule has 0 bridgehead atoms. The van der Waals surface area contributed by atoms with Crippen molar-refractivity contribution in [3.63, 3.8) is 0 Å². The zero-order chi connectivity index (χ0) is 22.0. The van der Waals surface area contributed by atoms with Gasteiger partial charge in [0, 0.05) is 5.30 Å². The van der Waals surface area contributed by atoms with Crippen LogP contribution in [0.5, 0.6) is 0 Å². The van der Waals surface area contributed by atoms with Crippen LogP contribution in [-0.2, 0) is 36.3 Å². The predicted molar refractivity (Wildman–Crippen MR) is 116 cm³/mol. The fourth-order valence-corrected chi connectivity index (χ4v) is 12.1. The Hall–Kier alpha value is -0.290. The van der Waals surface area contributed by atoms with Gasteiger partial charge in [-0.2, -0.15) is 0 Å². The lowest BCUT2D eigenvalue weighted by Gasteiger charge is -2.33. The third-order valence-corrected chi connectivity index (χ3v) is 13.0. The van der Waals surface area contributed by atoms with Crippen LogP contribution < -0.4 is 5.30 Å². The van der Waals surface area contributed by atoms with Crippen molar-refractivity contribution in [2.45, 2.75) is 40.0 Å². The van der Waals surface area contributed by atoms with E-state index in [2.05, 4.69) is 0 Å². The molecule has 1 rings (SSSR count). The zero-order valence-corrected chi connectivity index (χ0v) is 20.5. The maximum Gasteiger partial charge on any atom is 0.346 e. The van der Waals surface area contributed by atoms with Crippen molar-refractivity contribution >= 4 is 27.9 Å². The van der Waals surface area contributed by atoms with E-state index in [0.29, 0.717) is 5.30 Å². The Morgan fingerprint density at radius 2 is 1.03 bits per heavy atom. The van der Waals surface area contributed by atoms with Crippen LogP contribution in [0.15, 0.2) is 30.3 Å². The van der Waals surface area contributed by atoms with Crippen molar-refractivity contribution in [3.8, 4) is 0 Å². The van der Waals surface area contributed by atoms with Gasteiger partial charge in [-0.05, 0) is 46.8 Å². The van der Waals surface area contributed by atoms with Gasteiger partial charge >= 0.3 is 15.2 Å². The van der Waals surface area contributed by atoms with Crippen LogP contribution in [0.4, 0.5) is 0 Å². The Kier molecular flexibility index (Phi) is 11.6. The Morgan fingerprint density at radius 3 is 1.38 bits per heavy atom. The second-order valence-electron chi connectivity index (χ2n) is 5.84. The summed E-state index contributed by atoms with van der Waals surface area (Å²) in [6, 6.07) is 8.56. The van der Waals surface area contributed by atoms with Crippen LogP contribution >= 0.6 is 22.6 Å². The minimum Gasteiger partial charge on any atom is -0.326 e. The summed E-state index contributed by atoms with van der Waals surface area (Å²) in [7, 11) is -11.6. The largest absolute Gasteiger partial charge is 0.346 e. The molecule has 29 heavy (non-hydrogen) atoms. The molecule has 0 N–H and O–H groups in total. The molecule has 0 aliphatic heterocycles. The maximum atomic E-state index is 13.8. The van der Waals surface area contributed by atoms with Gasteiger partial charge in [-0.1, -0.05) is 18.2 Å². The number of rotatable bonds is 15. The Balaban J connectivity index is 3.58. The van der Waals surface area contributed by atoms with Gasteiger partial charge in [-0.25, -0.2) is 0 Å². The SMILES string of the molecule is CCOP(=O)(CC(P(=O)(OCC)OCC)P(=O)(OCC)OCC)c1ccccc1. The van der Waals surface area contributed by atoms with E-state index in [9.17, 15) is 13.7 Å². The first kappa shape index (κ1) is 26.7. The lowest BCUT2D eigenvalue weighted by Crippen LogP contribution is -2.25. The summed E-state index contributed by atoms with van der Waals surface area (Å²) in [5.41, 5.74) is 0. The third-order valence-electron chi connectivity index (χ3n) is 3.86. The van der Waals surface area contributed by atoms with Crippen molar-refractivity contribution in [2.24, 2.45) is 0 Å². The highest BCUT2D eigenvalue weighted by molar-refractivity contribution is 7.76. The number of hydrogen-bond acceptors (Lipinski definition) is 8. The van der Waals surface area contributed by atoms with E-state index in [1.165, 1.54) is 0 Å². The summed E-state index contributed by atoms with van der Waals surface area (Å²) in [5, 5.41) is -0.974. The molecule has 0 aliphatic carbocycles. The Morgan fingerprint density at radius 1 is 0.655 bits per heavy atom. The minimum absolute atomic E-state index is 0.0519. The molecule has 0 amide bonds. The van der Waals surface area contributed by atoms with Crippen molar-refractivity contribution < 1.29 is 36.3 Å². The standard InChI is InChI=1S/C18H33O8P3/c1-6-22-27(19,17-14-12-11-13-15-17)16-18(28(20,23-7-2)24-8-3)29(21,25-9-4)26-10-5/h11-15,18H,6-10,16H2,1-5H3. The molecule has 11 heteroatoms. The molecular weight excluding hydrogens is 437 g/mol. The van der Waals surface area contributed by atoms with Gasteiger partial charge in [0.2, 0.25) is 7.37 Å². The second kappa shape index (κ2) is 12.5. The van der Waals surface area contributed by atoms with Crippen LogP contribution in [0.2, 0.25) is 0 Å². The normalized spacial score (nSPS) is 14.8. The summed E-state index contributed by atoms with van der Waals surface area (Å²) in [6.45, 7) is 8.66. The van der Waals surface area contributed by atoms with Gasteiger partial charge in [-0.15, -0.1) is 0 Å². The average Bonchev–Trinajstić information content (AvgIpc) is 2.68. The summed E-state index contributed by atoms with van der Waals surface area (Å²) >= 11 is 0. The molecule has 168 valence electrons. The average molecular weight is 470 g/mol. The maximum absolute atomic E-state index is 13.8. The highest BCUT2D eigenvalue weighted by Crippen LogP contribution is 2.73. The quantitative estimate of drug-likeness (QED) is 0.311. The topological polar surface area (TPSA) is 97.4 Å². The van der Waals surface area contributed by atoms with Gasteiger partial charge in [0.25, 0.3) is 0 Å². The highest BCUT2D eigenvalue weighted by atomic mass is 31.2. The lowest BCUT2D eigenvalue weighted by atomic mass is 10.4. The number of benzene rings is 1. The van der Waals surface area contributed by atoms with Gasteiger partial charge in [-0.3, -0.25) is 13.7 Å². The van der Waals surface area contributed by atoms with Crippen LogP contribution in [0.3, 0.4) is 0 Å². The minimum atomic E-state index is -4.02. The van der Waals surface area contributed by atoms with Crippen LogP contribution in [0.25, 0.3) is 0 Å². The first-order chi connectivity index (χ1) is 13.7. The molecule has 0 heterocycles. The van der Waals surface area contributed by atoms with Gasteiger partial charge in [0.1, 0.15) is 0 Å². The third kappa shape index (κ3) is 7.12. The molecular formula is C18H33O8P3. The lowest BCUT2D eigenvalue weighted by molar-refractivity contribution is 0.196. The molecule has 0 radical (unpaired) electrons. The van der Waals surface area contributed by atoms with Crippen molar-refractivity contribution in [3.05, 3.63) is 30.3 Å². The van der Waals surface area contributed by atoms with Crippen LogP contribution in [0, 0.1) is 0 Å². The van der Waals surface area contributed by atoms with E-state index in [1.807, 2.05) is 0 Å². The van der Waals surface area contributed by atoms with Crippen molar-refractivity contribution in [1.82, 2.24) is 0 Å². The van der Waals surface area contributed by atoms with Gasteiger partial charge < -0.3 is 22.6 Å². The molecule has 1 unspecified atom stereocenters. The molecule has 0 aromatic heterocycles. The summed E-state index contributed by atoms with van der Waals surface area (Å²) in [4.78, 5) is 0. The molecule has 1 aromatic carbocycles. The summed E-state index contributed by atoms with van der Waals surface area (Å²) in [6.07, 6.45) is -0.362. The zero-order valence-electron chi connectivity index (χ0n) is 17.8. The number of hydrogen-bond donors (Lipinski definition) is 0. The van der Waals surface area contributed by atoms with Crippen LogP contribution in [0.1, 0.15) is 34.6 Å². The van der Waals surface area contributed by atoms with Crippen molar-refractivity contribution in [1.29, 1.82) is 0 Å². The van der Waals surface area contributed by atoms with E-state index in [1.54, 1.807) is 65.0 Å². The van der Waals surface area contributed by atoms with Gasteiger partial charge in [0.15, 0.2) is 5.40 Å². The van der Waals surface area contributed by atoms with E-state index < -0.39 is 28.0 Å². The molecule has 0 spiro atoms. The Labute approximate surface area is 174 Å². The fraction of sp³-hybridized carbons (Fsp3) is 0.667. The van der Waals surface area contributed by atoms with E-state index in [0.717, 1.165) is 0 Å². The molecule has 1 aromatic rings. The highest BCUT2D eigenvalue weighted by Gasteiger charge is 2.54. The van der Waals surface area contributed by atoms with Gasteiger partial charge in [0.05, 0.1) is 39.2 Å². The monoisotopic (exact) mass is 470 g/mol. The van der Waals surface area contributed by atoms with Crippen LogP contribution in [-0.4, -0.2) is 44.6 Å². The van der Waals surface area contributed by atoms with E-state index in [-0.39, 0.29) is 39.2 Å². The van der Waals surface area contributed by atoms with E-state index in [4.69, 9.17) is 22.6 Å². The molecule has 0 saturated carbocycles. The summed E-state index contributed by atoms with van der Waals surface area (Å²) in [5.74, 6) is 0. The van der Waals surface area contributed by atoms with Crippen molar-refractivity contribution in [2.75, 3.05) is 39.2 Å². The summed E-state index contributed by atoms with van der Waals surface area (Å²) < 4.78 is 68.6. The first-order valence-electron chi connectivity index (χ1n) is 9.81.